The third-order valence-electron chi connectivity index (χ3n) is 7.14. The van der Waals surface area contributed by atoms with Gasteiger partial charge in [-0.15, -0.1) is 0 Å². The molecule has 248 valence electrons. The molecule has 12 heteroatoms. The van der Waals surface area contributed by atoms with Gasteiger partial charge < -0.3 is 36.7 Å². The maximum Gasteiger partial charge on any atom is 0.408 e. The highest BCUT2D eigenvalue weighted by Gasteiger charge is 2.31. The third-order valence-corrected chi connectivity index (χ3v) is 7.14. The summed E-state index contributed by atoms with van der Waals surface area (Å²) in [6.07, 6.45) is 1.58. The lowest BCUT2D eigenvalue weighted by atomic mass is 10.0. The van der Waals surface area contributed by atoms with Gasteiger partial charge in [-0.3, -0.25) is 19.2 Å². The Kier molecular flexibility index (Phi) is 12.3. The van der Waals surface area contributed by atoms with Crippen LogP contribution < -0.4 is 27.0 Å². The van der Waals surface area contributed by atoms with E-state index in [0.29, 0.717) is 0 Å². The van der Waals surface area contributed by atoms with Crippen molar-refractivity contribution in [2.24, 2.45) is 11.7 Å². The maximum absolute atomic E-state index is 13.7. The number of carbonyl (C=O) groups excluding carboxylic acids is 5. The molecule has 3 aromatic rings. The van der Waals surface area contributed by atoms with Gasteiger partial charge >= 0.3 is 6.09 Å². The zero-order valence-corrected chi connectivity index (χ0v) is 27.3. The fourth-order valence-corrected chi connectivity index (χ4v) is 4.90. The fraction of sp³-hybridized carbons (Fsp3) is 0.441. The van der Waals surface area contributed by atoms with Crippen LogP contribution in [0.2, 0.25) is 0 Å². The zero-order valence-electron chi connectivity index (χ0n) is 27.3. The number of nitrogens with two attached hydrogens (primary N) is 1. The van der Waals surface area contributed by atoms with Crippen LogP contribution in [0.25, 0.3) is 10.9 Å². The second-order valence-corrected chi connectivity index (χ2v) is 12.8. The van der Waals surface area contributed by atoms with Gasteiger partial charge in [0.1, 0.15) is 29.8 Å². The van der Waals surface area contributed by atoms with Gasteiger partial charge in [-0.25, -0.2) is 4.79 Å². The van der Waals surface area contributed by atoms with Crippen molar-refractivity contribution in [1.29, 1.82) is 0 Å². The molecule has 0 bridgehead atoms. The molecule has 5 amide bonds. The van der Waals surface area contributed by atoms with Crippen molar-refractivity contribution >= 4 is 40.6 Å². The zero-order chi connectivity index (χ0) is 34.0. The number of primary amides is 1. The van der Waals surface area contributed by atoms with Gasteiger partial charge in [0.25, 0.3) is 0 Å². The molecule has 4 atom stereocenters. The molecule has 0 unspecified atom stereocenters. The molecule has 0 fully saturated rings. The number of carbonyl (C=O) groups is 5. The number of aromatic nitrogens is 1. The number of hydrogen-bond acceptors (Lipinski definition) is 6. The van der Waals surface area contributed by atoms with Crippen LogP contribution in [-0.2, 0) is 36.8 Å². The number of fused-ring (bicyclic) bond motifs is 1. The first-order valence-electron chi connectivity index (χ1n) is 15.4. The number of rotatable bonds is 14. The molecular weight excluding hydrogens is 588 g/mol. The molecule has 0 aliphatic carbocycles. The SMILES string of the molecule is CC(C)C[C@H](NC(=O)[C@H](Cc1c[nH]c2ccccc12)NC(=O)OC(C)(C)C)C(=O)N[C@@H](C)C(=O)N[C@@H](Cc1ccccc1)C(N)=O. The minimum atomic E-state index is -1.08. The molecule has 0 radical (unpaired) electrons. The van der Waals surface area contributed by atoms with Gasteiger partial charge in [0, 0.05) is 29.9 Å². The quantitative estimate of drug-likeness (QED) is 0.158. The number of H-pyrrole nitrogens is 1. The monoisotopic (exact) mass is 634 g/mol. The molecule has 46 heavy (non-hydrogen) atoms. The molecule has 0 aliphatic heterocycles. The molecule has 0 saturated carbocycles. The summed E-state index contributed by atoms with van der Waals surface area (Å²) in [4.78, 5) is 68.2. The number of para-hydroxylation sites is 1. The first kappa shape index (κ1) is 35.6. The van der Waals surface area contributed by atoms with E-state index in [4.69, 9.17) is 10.5 Å². The molecule has 12 nitrogen and oxygen atoms in total. The smallest absolute Gasteiger partial charge is 0.408 e. The number of aromatic amines is 1. The second kappa shape index (κ2) is 15.9. The number of benzene rings is 2. The lowest BCUT2D eigenvalue weighted by molar-refractivity contribution is -0.133. The van der Waals surface area contributed by atoms with E-state index in [-0.39, 0.29) is 25.2 Å². The average molecular weight is 635 g/mol. The lowest BCUT2D eigenvalue weighted by Gasteiger charge is -2.27. The highest BCUT2D eigenvalue weighted by molar-refractivity contribution is 5.95. The van der Waals surface area contributed by atoms with Gasteiger partial charge in [0.2, 0.25) is 23.6 Å². The molecule has 2 aromatic carbocycles. The number of nitrogens with one attached hydrogen (secondary N) is 5. The van der Waals surface area contributed by atoms with Crippen molar-refractivity contribution in [2.75, 3.05) is 0 Å². The Hall–Kier alpha value is -4.87. The first-order chi connectivity index (χ1) is 21.6. The summed E-state index contributed by atoms with van der Waals surface area (Å²) in [5, 5.41) is 11.6. The summed E-state index contributed by atoms with van der Waals surface area (Å²) in [6, 6.07) is 12.6. The Morgan fingerprint density at radius 1 is 0.761 bits per heavy atom. The van der Waals surface area contributed by atoms with Crippen LogP contribution >= 0.6 is 0 Å². The van der Waals surface area contributed by atoms with Crippen LogP contribution in [0.4, 0.5) is 4.79 Å². The lowest BCUT2D eigenvalue weighted by Crippen LogP contribution is -2.58. The van der Waals surface area contributed by atoms with E-state index < -0.39 is 59.5 Å². The Bertz CT molecular complexity index is 1510. The van der Waals surface area contributed by atoms with Crippen molar-refractivity contribution in [2.45, 2.75) is 90.6 Å². The van der Waals surface area contributed by atoms with Crippen LogP contribution in [0, 0.1) is 5.92 Å². The van der Waals surface area contributed by atoms with E-state index in [1.54, 1.807) is 27.0 Å². The Morgan fingerprint density at radius 2 is 1.37 bits per heavy atom. The Morgan fingerprint density at radius 3 is 2.00 bits per heavy atom. The minimum Gasteiger partial charge on any atom is -0.444 e. The van der Waals surface area contributed by atoms with Gasteiger partial charge in [-0.05, 0) is 57.2 Å². The summed E-state index contributed by atoms with van der Waals surface area (Å²) >= 11 is 0. The average Bonchev–Trinajstić information content (AvgIpc) is 3.38. The predicted molar refractivity (Wildman–Crippen MR) is 175 cm³/mol. The maximum atomic E-state index is 13.7. The highest BCUT2D eigenvalue weighted by Crippen LogP contribution is 2.20. The van der Waals surface area contributed by atoms with Crippen LogP contribution in [0.15, 0.2) is 60.8 Å². The van der Waals surface area contributed by atoms with Gasteiger partial charge in [0.05, 0.1) is 0 Å². The first-order valence-corrected chi connectivity index (χ1v) is 15.4. The van der Waals surface area contributed by atoms with E-state index in [1.807, 2.05) is 68.4 Å². The molecule has 0 saturated heterocycles. The van der Waals surface area contributed by atoms with Gasteiger partial charge in [-0.2, -0.15) is 0 Å². The molecule has 1 aromatic heterocycles. The molecule has 3 rings (SSSR count). The Labute approximate surface area is 269 Å². The summed E-state index contributed by atoms with van der Waals surface area (Å²) in [5.41, 5.74) is 7.22. The normalized spacial score (nSPS) is 14.1. The minimum absolute atomic E-state index is 0.00354. The van der Waals surface area contributed by atoms with Crippen molar-refractivity contribution in [3.63, 3.8) is 0 Å². The molecule has 1 heterocycles. The van der Waals surface area contributed by atoms with Crippen LogP contribution in [-0.4, -0.2) is 64.5 Å². The van der Waals surface area contributed by atoms with E-state index >= 15 is 0 Å². The molecule has 0 aliphatic rings. The van der Waals surface area contributed by atoms with Gasteiger partial charge in [0.15, 0.2) is 0 Å². The van der Waals surface area contributed by atoms with Crippen LogP contribution in [0.5, 0.6) is 0 Å². The van der Waals surface area contributed by atoms with Crippen LogP contribution in [0.3, 0.4) is 0 Å². The fourth-order valence-electron chi connectivity index (χ4n) is 4.90. The van der Waals surface area contributed by atoms with Crippen molar-refractivity contribution in [3.05, 3.63) is 71.9 Å². The topological polar surface area (TPSA) is 185 Å². The third kappa shape index (κ3) is 10.9. The predicted octanol–water partition coefficient (Wildman–Crippen LogP) is 2.85. The van der Waals surface area contributed by atoms with Gasteiger partial charge in [-0.1, -0.05) is 62.4 Å². The highest BCUT2D eigenvalue weighted by atomic mass is 16.6. The van der Waals surface area contributed by atoms with E-state index in [9.17, 15) is 24.0 Å². The van der Waals surface area contributed by atoms with E-state index in [2.05, 4.69) is 26.3 Å². The summed E-state index contributed by atoms with van der Waals surface area (Å²) in [7, 11) is 0. The van der Waals surface area contributed by atoms with E-state index in [0.717, 1.165) is 22.0 Å². The number of amides is 5. The molecule has 0 spiro atoms. The summed E-state index contributed by atoms with van der Waals surface area (Å²) < 4.78 is 5.41. The van der Waals surface area contributed by atoms with E-state index in [1.165, 1.54) is 6.92 Å². The summed E-state index contributed by atoms with van der Waals surface area (Å²) in [5.74, 6) is -2.50. The number of hydrogen-bond donors (Lipinski definition) is 6. The Balaban J connectivity index is 1.74. The van der Waals surface area contributed by atoms with Crippen LogP contribution in [0.1, 0.15) is 59.1 Å². The standard InChI is InChI=1S/C34H46N6O6/c1-20(2)16-27(31(43)37-21(3)30(42)38-26(29(35)41)17-22-12-8-7-9-13-22)39-32(44)28(40-33(45)46-34(4,5)6)18-23-19-36-25-15-11-10-14-24(23)25/h7-15,19-21,26-28,36H,16-18H2,1-6H3,(H2,35,41)(H,37,43)(H,38,42)(H,39,44)(H,40,45)/t21-,26-,27-,28-/m0/s1. The molecular formula is C34H46N6O6. The number of alkyl carbamates (subject to hydrolysis) is 1. The van der Waals surface area contributed by atoms with Crippen molar-refractivity contribution in [1.82, 2.24) is 26.3 Å². The number of ether oxygens (including phenoxy) is 1. The largest absolute Gasteiger partial charge is 0.444 e. The molecule has 7 N–H and O–H groups in total. The summed E-state index contributed by atoms with van der Waals surface area (Å²) in [6.45, 7) is 10.4. The second-order valence-electron chi connectivity index (χ2n) is 12.8. The van der Waals surface area contributed by atoms with Crippen molar-refractivity contribution < 1.29 is 28.7 Å². The van der Waals surface area contributed by atoms with Crippen molar-refractivity contribution in [3.8, 4) is 0 Å².